The molecule has 19 heteroatoms. The van der Waals surface area contributed by atoms with Crippen molar-refractivity contribution in [3.05, 3.63) is 24.3 Å². The molecule has 0 bridgehead atoms. The predicted molar refractivity (Wildman–Crippen MR) is 250 cm³/mol. The molecule has 3 fully saturated rings. The van der Waals surface area contributed by atoms with E-state index in [4.69, 9.17) is 28.4 Å². The molecule has 0 aliphatic carbocycles. The Balaban J connectivity index is 1.58. The average Bonchev–Trinajstić information content (AvgIpc) is 3.33. The fourth-order valence-electron chi connectivity index (χ4n) is 8.67. The molecule has 19 nitrogen and oxygen atoms in total. The first-order valence-corrected chi connectivity index (χ1v) is 25.6. The summed E-state index contributed by atoms with van der Waals surface area (Å²) in [4.78, 5) is 13.2. The highest BCUT2D eigenvalue weighted by Gasteiger charge is 2.53. The van der Waals surface area contributed by atoms with E-state index in [9.17, 15) is 61.0 Å². The van der Waals surface area contributed by atoms with Gasteiger partial charge < -0.3 is 89.9 Å². The minimum Gasteiger partial charge on any atom is -0.394 e. The fourth-order valence-corrected chi connectivity index (χ4v) is 8.67. The maximum absolute atomic E-state index is 13.2. The van der Waals surface area contributed by atoms with Gasteiger partial charge in [0.1, 0.15) is 73.2 Å². The van der Waals surface area contributed by atoms with Gasteiger partial charge in [0.05, 0.1) is 38.6 Å². The largest absolute Gasteiger partial charge is 0.394 e. The van der Waals surface area contributed by atoms with Crippen LogP contribution >= 0.6 is 0 Å². The van der Waals surface area contributed by atoms with Gasteiger partial charge in [0, 0.05) is 6.42 Å². The molecule has 17 unspecified atom stereocenters. The van der Waals surface area contributed by atoms with Gasteiger partial charge in [-0.05, 0) is 32.1 Å². The number of nitrogens with one attached hydrogen (secondary N) is 1. The Hall–Kier alpha value is -1.73. The molecule has 0 saturated carbocycles. The molecule has 68 heavy (non-hydrogen) atoms. The molecule has 0 spiro atoms. The number of aliphatic hydroxyl groups is 11. The molecule has 0 aromatic heterocycles. The van der Waals surface area contributed by atoms with Gasteiger partial charge in [-0.25, -0.2) is 0 Å². The Kier molecular flexibility index (Phi) is 30.8. The molecule has 3 rings (SSSR count). The second-order valence-corrected chi connectivity index (χ2v) is 18.6. The molecule has 0 aromatic carbocycles. The summed E-state index contributed by atoms with van der Waals surface area (Å²) in [6.07, 6.45) is 3.38. The topological polar surface area (TPSA) is 307 Å². The van der Waals surface area contributed by atoms with Crippen LogP contribution < -0.4 is 5.32 Å². The van der Waals surface area contributed by atoms with Crippen molar-refractivity contribution in [3.8, 4) is 0 Å². The first-order valence-electron chi connectivity index (χ1n) is 25.6. The molecule has 3 aliphatic heterocycles. The summed E-state index contributed by atoms with van der Waals surface area (Å²) in [6.45, 7) is 1.62. The number of hydrogen-bond donors (Lipinski definition) is 12. The van der Waals surface area contributed by atoms with Gasteiger partial charge in [0.15, 0.2) is 18.9 Å². The molecule has 0 radical (unpaired) electrons. The van der Waals surface area contributed by atoms with E-state index < -0.39 is 124 Å². The summed E-state index contributed by atoms with van der Waals surface area (Å²) in [5, 5.41) is 119. The number of unbranched alkanes of at least 4 members (excludes halogenated alkanes) is 17. The van der Waals surface area contributed by atoms with Gasteiger partial charge in [0.25, 0.3) is 0 Å². The van der Waals surface area contributed by atoms with E-state index in [1.54, 1.807) is 6.08 Å². The second kappa shape index (κ2) is 34.6. The first-order chi connectivity index (χ1) is 32.8. The van der Waals surface area contributed by atoms with Crippen LogP contribution in [0.15, 0.2) is 24.3 Å². The van der Waals surface area contributed by atoms with Crippen LogP contribution in [-0.4, -0.2) is 193 Å². The minimum atomic E-state index is -1.98. The van der Waals surface area contributed by atoms with Crippen LogP contribution in [0.5, 0.6) is 0 Å². The molecular weight excluding hydrogens is 891 g/mol. The normalized spacial score (nSPS) is 33.3. The van der Waals surface area contributed by atoms with Crippen LogP contribution in [0.25, 0.3) is 0 Å². The second-order valence-electron chi connectivity index (χ2n) is 18.6. The Labute approximate surface area is 403 Å². The van der Waals surface area contributed by atoms with Gasteiger partial charge in [-0.1, -0.05) is 134 Å². The van der Waals surface area contributed by atoms with E-state index in [-0.39, 0.29) is 18.9 Å². The van der Waals surface area contributed by atoms with Crippen LogP contribution in [0.2, 0.25) is 0 Å². The third-order valence-corrected chi connectivity index (χ3v) is 13.0. The predicted octanol–water partition coefficient (Wildman–Crippen LogP) is 1.64. The first kappa shape index (κ1) is 60.6. The Bertz CT molecular complexity index is 1360. The molecular formula is C49H89NO18. The number of carbonyl (C=O) groups excluding carboxylic acids is 1. The van der Waals surface area contributed by atoms with Crippen molar-refractivity contribution < 1.29 is 89.4 Å². The van der Waals surface area contributed by atoms with Crippen LogP contribution in [-0.2, 0) is 33.2 Å². The Morgan fingerprint density at radius 1 is 0.515 bits per heavy atom. The van der Waals surface area contributed by atoms with Gasteiger partial charge in [-0.2, -0.15) is 0 Å². The lowest BCUT2D eigenvalue weighted by atomic mass is 9.96. The monoisotopic (exact) mass is 980 g/mol. The van der Waals surface area contributed by atoms with E-state index in [0.717, 1.165) is 38.5 Å². The molecule has 17 atom stereocenters. The van der Waals surface area contributed by atoms with Gasteiger partial charge >= 0.3 is 0 Å². The standard InChI is InChI=1S/C49H89NO18/c1-3-5-7-9-11-13-15-17-19-21-23-25-27-37(55)50-32(33(54)26-24-22-20-18-16-14-12-10-8-6-4-2)31-63-47-43(61)40(58)45(35(29-52)65-47)68-49-44(62)41(59)46(36(30-53)66-49)67-48-42(60)39(57)38(56)34(28-51)64-48/h16,18,24,26,32-36,38-49,51-54,56-62H,3-15,17,19-23,25,27-31H2,1-2H3,(H,50,55)/b18-16+,26-24+. The lowest BCUT2D eigenvalue weighted by Gasteiger charge is -2.48. The lowest BCUT2D eigenvalue weighted by molar-refractivity contribution is -0.379. The number of hydrogen-bond acceptors (Lipinski definition) is 18. The molecule has 3 aliphatic rings. The van der Waals surface area contributed by atoms with E-state index >= 15 is 0 Å². The maximum atomic E-state index is 13.2. The highest BCUT2D eigenvalue weighted by molar-refractivity contribution is 5.76. The SMILES string of the molecule is CCCCCCC/C=C/CC/C=C/C(O)C(COC1OC(CO)C(OC2OC(CO)C(OC3OC(CO)C(O)C(O)C3O)C(O)C2O)C(O)C1O)NC(=O)CCCCCCCCCCCCCC. The van der Waals surface area contributed by atoms with Gasteiger partial charge in [-0.15, -0.1) is 0 Å². The molecule has 3 saturated heterocycles. The number of carbonyl (C=O) groups is 1. The van der Waals surface area contributed by atoms with Crippen molar-refractivity contribution in [1.29, 1.82) is 0 Å². The zero-order valence-electron chi connectivity index (χ0n) is 40.6. The summed E-state index contributed by atoms with van der Waals surface area (Å²) >= 11 is 0. The zero-order valence-corrected chi connectivity index (χ0v) is 40.6. The highest BCUT2D eigenvalue weighted by Crippen LogP contribution is 2.33. The molecule has 398 valence electrons. The summed E-state index contributed by atoms with van der Waals surface area (Å²) in [5.41, 5.74) is 0. The summed E-state index contributed by atoms with van der Waals surface area (Å²) in [6, 6.07) is -0.981. The van der Waals surface area contributed by atoms with Crippen molar-refractivity contribution in [2.45, 2.75) is 253 Å². The van der Waals surface area contributed by atoms with Crippen molar-refractivity contribution >= 4 is 5.91 Å². The number of rotatable bonds is 35. The third-order valence-electron chi connectivity index (χ3n) is 13.0. The maximum Gasteiger partial charge on any atom is 0.220 e. The molecule has 3 heterocycles. The smallest absolute Gasteiger partial charge is 0.220 e. The number of amides is 1. The van der Waals surface area contributed by atoms with Crippen molar-refractivity contribution in [2.75, 3.05) is 26.4 Å². The highest BCUT2D eigenvalue weighted by atomic mass is 16.8. The van der Waals surface area contributed by atoms with Gasteiger partial charge in [-0.3, -0.25) is 4.79 Å². The van der Waals surface area contributed by atoms with Crippen LogP contribution in [0.4, 0.5) is 0 Å². The lowest BCUT2D eigenvalue weighted by Crippen LogP contribution is -2.66. The number of allylic oxidation sites excluding steroid dienone is 3. The van der Waals surface area contributed by atoms with Crippen molar-refractivity contribution in [1.82, 2.24) is 5.32 Å². The number of ether oxygens (including phenoxy) is 6. The third kappa shape index (κ3) is 20.4. The van der Waals surface area contributed by atoms with Crippen molar-refractivity contribution in [2.24, 2.45) is 0 Å². The van der Waals surface area contributed by atoms with E-state index in [1.165, 1.54) is 77.0 Å². The van der Waals surface area contributed by atoms with E-state index in [2.05, 4.69) is 31.3 Å². The van der Waals surface area contributed by atoms with E-state index in [0.29, 0.717) is 12.8 Å². The average molecular weight is 980 g/mol. The summed E-state index contributed by atoms with van der Waals surface area (Å²) in [5.74, 6) is -0.290. The molecule has 0 aromatic rings. The van der Waals surface area contributed by atoms with Gasteiger partial charge in [0.2, 0.25) is 5.91 Å². The molecule has 12 N–H and O–H groups in total. The fraction of sp³-hybridized carbons (Fsp3) is 0.898. The summed E-state index contributed by atoms with van der Waals surface area (Å²) in [7, 11) is 0. The molecule has 1 amide bonds. The Morgan fingerprint density at radius 3 is 1.47 bits per heavy atom. The van der Waals surface area contributed by atoms with Crippen molar-refractivity contribution in [3.63, 3.8) is 0 Å². The van der Waals surface area contributed by atoms with Crippen LogP contribution in [0.1, 0.15) is 149 Å². The minimum absolute atomic E-state index is 0.238. The van der Waals surface area contributed by atoms with Crippen LogP contribution in [0.3, 0.4) is 0 Å². The van der Waals surface area contributed by atoms with Crippen LogP contribution in [0, 0.1) is 0 Å². The quantitative estimate of drug-likeness (QED) is 0.0317. The number of aliphatic hydroxyl groups excluding tert-OH is 11. The summed E-state index contributed by atoms with van der Waals surface area (Å²) < 4.78 is 34.0. The van der Waals surface area contributed by atoms with E-state index in [1.807, 2.05) is 6.08 Å². The zero-order chi connectivity index (χ0) is 49.8. The Morgan fingerprint density at radius 2 is 0.941 bits per heavy atom.